The Hall–Kier alpha value is -1.48. The van der Waals surface area contributed by atoms with E-state index >= 15 is 0 Å². The van der Waals surface area contributed by atoms with E-state index in [0.717, 1.165) is 17.8 Å². The van der Waals surface area contributed by atoms with Gasteiger partial charge in [-0.2, -0.15) is 0 Å². The van der Waals surface area contributed by atoms with Gasteiger partial charge in [-0.05, 0) is 86.0 Å². The fraction of sp³-hybridized carbons (Fsp3) is 0.600. The summed E-state index contributed by atoms with van der Waals surface area (Å²) < 4.78 is 0. The molecule has 1 aromatic carbocycles. The SMILES string of the molecule is CCCC1CC=C(C#Cc2ccc(C3CCC(CC)CC3)cc2)CC1. The molecule has 0 aromatic heterocycles. The Morgan fingerprint density at radius 1 is 0.880 bits per heavy atom. The summed E-state index contributed by atoms with van der Waals surface area (Å²) in [6.45, 7) is 4.63. The van der Waals surface area contributed by atoms with Crippen LogP contribution in [0.4, 0.5) is 0 Å². The molecule has 0 saturated heterocycles. The molecule has 2 aliphatic rings. The van der Waals surface area contributed by atoms with E-state index < -0.39 is 0 Å². The summed E-state index contributed by atoms with van der Waals surface area (Å²) in [4.78, 5) is 0. The van der Waals surface area contributed by atoms with Crippen molar-refractivity contribution in [3.63, 3.8) is 0 Å². The van der Waals surface area contributed by atoms with E-state index in [1.807, 2.05) is 0 Å². The predicted octanol–water partition coefficient (Wildman–Crippen LogP) is 7.25. The molecule has 0 amide bonds. The quantitative estimate of drug-likeness (QED) is 0.509. The average Bonchev–Trinajstić information content (AvgIpc) is 2.68. The van der Waals surface area contributed by atoms with Gasteiger partial charge in [-0.15, -0.1) is 0 Å². The lowest BCUT2D eigenvalue weighted by Gasteiger charge is -2.28. The first-order valence-corrected chi connectivity index (χ1v) is 10.6. The van der Waals surface area contributed by atoms with Gasteiger partial charge in [0.25, 0.3) is 0 Å². The van der Waals surface area contributed by atoms with Crippen molar-refractivity contribution in [3.8, 4) is 11.8 Å². The van der Waals surface area contributed by atoms with E-state index in [0.29, 0.717) is 0 Å². The minimum atomic E-state index is 0.779. The van der Waals surface area contributed by atoms with Gasteiger partial charge in [0.2, 0.25) is 0 Å². The standard InChI is InChI=1S/C25H34/c1-3-5-21-6-8-22(9-7-21)10-11-23-14-18-25(19-15-23)24-16-12-20(4-2)13-17-24/h8,14-15,18-21,24H,3-7,9,12-13,16-17H2,1-2H3. The maximum atomic E-state index is 3.42. The molecule has 0 bridgehead atoms. The van der Waals surface area contributed by atoms with E-state index in [-0.39, 0.29) is 0 Å². The van der Waals surface area contributed by atoms with Gasteiger partial charge in [0.05, 0.1) is 0 Å². The van der Waals surface area contributed by atoms with Gasteiger partial charge in [-0.1, -0.05) is 63.2 Å². The van der Waals surface area contributed by atoms with Crippen molar-refractivity contribution in [2.75, 3.05) is 0 Å². The van der Waals surface area contributed by atoms with Crippen LogP contribution in [-0.4, -0.2) is 0 Å². The number of hydrogen-bond acceptors (Lipinski definition) is 0. The van der Waals surface area contributed by atoms with Crippen molar-refractivity contribution in [2.45, 2.75) is 84.0 Å². The molecule has 1 atom stereocenters. The number of benzene rings is 1. The second-order valence-corrected chi connectivity index (χ2v) is 8.16. The average molecular weight is 335 g/mol. The lowest BCUT2D eigenvalue weighted by atomic mass is 9.78. The second-order valence-electron chi connectivity index (χ2n) is 8.16. The number of hydrogen-bond donors (Lipinski definition) is 0. The van der Waals surface area contributed by atoms with Crippen LogP contribution >= 0.6 is 0 Å². The third kappa shape index (κ3) is 5.24. The Kier molecular flexibility index (Phi) is 6.80. The first-order chi connectivity index (χ1) is 12.3. The molecule has 1 aromatic rings. The summed E-state index contributed by atoms with van der Waals surface area (Å²) in [5.41, 5.74) is 4.05. The van der Waals surface area contributed by atoms with Crippen molar-refractivity contribution >= 4 is 0 Å². The van der Waals surface area contributed by atoms with Crippen LogP contribution < -0.4 is 0 Å². The molecule has 3 rings (SSSR count). The minimum Gasteiger partial charge on any atom is -0.0726 e. The first kappa shape index (κ1) is 18.3. The van der Waals surface area contributed by atoms with Gasteiger partial charge in [0.1, 0.15) is 0 Å². The third-order valence-electron chi connectivity index (χ3n) is 6.39. The molecule has 0 N–H and O–H groups in total. The molecule has 1 unspecified atom stereocenters. The summed E-state index contributed by atoms with van der Waals surface area (Å²) in [6, 6.07) is 9.12. The topological polar surface area (TPSA) is 0 Å². The van der Waals surface area contributed by atoms with E-state index in [9.17, 15) is 0 Å². The van der Waals surface area contributed by atoms with Crippen LogP contribution in [0.5, 0.6) is 0 Å². The van der Waals surface area contributed by atoms with Gasteiger partial charge >= 0.3 is 0 Å². The normalized spacial score (nSPS) is 26.5. The van der Waals surface area contributed by atoms with E-state index in [1.54, 1.807) is 0 Å². The highest BCUT2D eigenvalue weighted by Crippen LogP contribution is 2.36. The van der Waals surface area contributed by atoms with Crippen molar-refractivity contribution in [1.29, 1.82) is 0 Å². The molecule has 25 heavy (non-hydrogen) atoms. The summed E-state index contributed by atoms with van der Waals surface area (Å²) in [5, 5.41) is 0. The highest BCUT2D eigenvalue weighted by Gasteiger charge is 2.21. The van der Waals surface area contributed by atoms with Crippen LogP contribution in [0.3, 0.4) is 0 Å². The smallest absolute Gasteiger partial charge is 0.0249 e. The third-order valence-corrected chi connectivity index (χ3v) is 6.39. The maximum absolute atomic E-state index is 3.42. The van der Waals surface area contributed by atoms with Crippen LogP contribution in [0.2, 0.25) is 0 Å². The molecule has 1 saturated carbocycles. The zero-order valence-electron chi connectivity index (χ0n) is 16.2. The van der Waals surface area contributed by atoms with Gasteiger partial charge in [-0.25, -0.2) is 0 Å². The summed E-state index contributed by atoms with van der Waals surface area (Å²) in [7, 11) is 0. The largest absolute Gasteiger partial charge is 0.0726 e. The molecular weight excluding hydrogens is 300 g/mol. The van der Waals surface area contributed by atoms with E-state index in [4.69, 9.17) is 0 Å². The Balaban J connectivity index is 1.55. The summed E-state index contributed by atoms with van der Waals surface area (Å²) in [5.74, 6) is 9.47. The van der Waals surface area contributed by atoms with Crippen LogP contribution in [0.1, 0.15) is 95.1 Å². The summed E-state index contributed by atoms with van der Waals surface area (Å²) >= 11 is 0. The Bertz CT molecular complexity index is 614. The summed E-state index contributed by atoms with van der Waals surface area (Å²) in [6.07, 6.45) is 15.7. The fourth-order valence-corrected chi connectivity index (χ4v) is 4.57. The molecule has 134 valence electrons. The van der Waals surface area contributed by atoms with Crippen LogP contribution in [0.15, 0.2) is 35.9 Å². The molecule has 0 aliphatic heterocycles. The molecule has 0 spiro atoms. The highest BCUT2D eigenvalue weighted by molar-refractivity contribution is 5.42. The van der Waals surface area contributed by atoms with Gasteiger partial charge in [0.15, 0.2) is 0 Å². The molecule has 0 nitrogen and oxygen atoms in total. The van der Waals surface area contributed by atoms with E-state index in [2.05, 4.69) is 56.0 Å². The van der Waals surface area contributed by atoms with E-state index in [1.165, 1.54) is 80.9 Å². The second kappa shape index (κ2) is 9.28. The van der Waals surface area contributed by atoms with Crippen LogP contribution in [-0.2, 0) is 0 Å². The maximum Gasteiger partial charge on any atom is 0.0249 e. The van der Waals surface area contributed by atoms with Crippen LogP contribution in [0, 0.1) is 23.7 Å². The zero-order chi connectivity index (χ0) is 17.5. The van der Waals surface area contributed by atoms with Gasteiger partial charge in [0, 0.05) is 5.56 Å². The number of rotatable bonds is 4. The van der Waals surface area contributed by atoms with Crippen molar-refractivity contribution < 1.29 is 0 Å². The Morgan fingerprint density at radius 3 is 2.24 bits per heavy atom. The fourth-order valence-electron chi connectivity index (χ4n) is 4.57. The Morgan fingerprint density at radius 2 is 1.64 bits per heavy atom. The van der Waals surface area contributed by atoms with Crippen molar-refractivity contribution in [2.24, 2.45) is 11.8 Å². The minimum absolute atomic E-state index is 0.779. The lowest BCUT2D eigenvalue weighted by molar-refractivity contribution is 0.319. The van der Waals surface area contributed by atoms with Crippen molar-refractivity contribution in [1.82, 2.24) is 0 Å². The van der Waals surface area contributed by atoms with Crippen molar-refractivity contribution in [3.05, 3.63) is 47.0 Å². The van der Waals surface area contributed by atoms with Crippen LogP contribution in [0.25, 0.3) is 0 Å². The lowest BCUT2D eigenvalue weighted by Crippen LogP contribution is -2.12. The highest BCUT2D eigenvalue weighted by atomic mass is 14.3. The molecule has 0 heteroatoms. The monoisotopic (exact) mass is 334 g/mol. The first-order valence-electron chi connectivity index (χ1n) is 10.6. The van der Waals surface area contributed by atoms with Gasteiger partial charge in [-0.3, -0.25) is 0 Å². The molecule has 0 radical (unpaired) electrons. The molecule has 2 aliphatic carbocycles. The predicted molar refractivity (Wildman–Crippen MR) is 109 cm³/mol. The number of allylic oxidation sites excluding steroid dienone is 2. The molecule has 0 heterocycles. The molecule has 1 fully saturated rings. The zero-order valence-corrected chi connectivity index (χ0v) is 16.2. The van der Waals surface area contributed by atoms with Gasteiger partial charge < -0.3 is 0 Å². The molecular formula is C25H34. The Labute approximate surface area is 155 Å².